The molecule has 0 spiro atoms. The number of pyridine rings is 1. The minimum absolute atomic E-state index is 0.0472. The van der Waals surface area contributed by atoms with Gasteiger partial charge in [-0.15, -0.1) is 0 Å². The highest BCUT2D eigenvalue weighted by molar-refractivity contribution is 5.99. The lowest BCUT2D eigenvalue weighted by atomic mass is 10.2. The van der Waals surface area contributed by atoms with Gasteiger partial charge < -0.3 is 20.6 Å². The van der Waals surface area contributed by atoms with Crippen LogP contribution in [-0.4, -0.2) is 69.8 Å². The van der Waals surface area contributed by atoms with E-state index in [0.717, 1.165) is 19.2 Å². The van der Waals surface area contributed by atoms with Gasteiger partial charge in [0.05, 0.1) is 23.4 Å². The Kier molecular flexibility index (Phi) is 7.80. The van der Waals surface area contributed by atoms with Crippen molar-refractivity contribution in [3.63, 3.8) is 0 Å². The molecule has 4 aromatic rings. The molecule has 0 atom stereocenters. The monoisotopic (exact) mass is 547 g/mol. The zero-order valence-corrected chi connectivity index (χ0v) is 21.5. The van der Waals surface area contributed by atoms with E-state index in [2.05, 4.69) is 32.1 Å². The lowest BCUT2D eigenvalue weighted by Crippen LogP contribution is -2.47. The van der Waals surface area contributed by atoms with Gasteiger partial charge in [-0.05, 0) is 42.5 Å². The molecule has 2 aromatic heterocycles. The Morgan fingerprint density at radius 3 is 2.52 bits per heavy atom. The second kappa shape index (κ2) is 11.6. The van der Waals surface area contributed by atoms with Crippen molar-refractivity contribution in [2.24, 2.45) is 0 Å². The number of β-amino-alcohol motifs (C(OH)–C–C–N with tert-alkyl or cyclic N) is 1. The number of amides is 1. The van der Waals surface area contributed by atoms with Crippen LogP contribution in [0.25, 0.3) is 16.7 Å². The van der Waals surface area contributed by atoms with E-state index < -0.39 is 17.5 Å². The van der Waals surface area contributed by atoms with Gasteiger partial charge in [-0.3, -0.25) is 19.1 Å². The standard InChI is InChI=1S/C28H27F2N7O3/c1-2-26(40)32-19-3-5-21(29)24(16-19)37-8-7-25(39)20-17-31-28(34-27(20)37)33-18-4-6-23(22(30)15-18)36-11-9-35(10-12-36)13-14-38/h2-8,15-17,38H,1,9-14H2,(H,32,40)(H,31,33,34). The molecule has 1 amide bonds. The van der Waals surface area contributed by atoms with E-state index in [0.29, 0.717) is 36.7 Å². The summed E-state index contributed by atoms with van der Waals surface area (Å²) in [5.41, 5.74) is 1.00. The van der Waals surface area contributed by atoms with Crippen LogP contribution < -0.4 is 21.0 Å². The molecule has 3 heterocycles. The number of carbonyl (C=O) groups is 1. The Bertz CT molecular complexity index is 1630. The summed E-state index contributed by atoms with van der Waals surface area (Å²) in [5.74, 6) is -1.41. The molecule has 1 aliphatic rings. The fraction of sp³-hybridized carbons (Fsp3) is 0.214. The lowest BCUT2D eigenvalue weighted by Gasteiger charge is -2.36. The topological polar surface area (TPSA) is 116 Å². The number of nitrogens with zero attached hydrogens (tertiary/aromatic N) is 5. The van der Waals surface area contributed by atoms with Crippen molar-refractivity contribution in [3.8, 4) is 5.69 Å². The van der Waals surface area contributed by atoms with Gasteiger partial charge in [0.2, 0.25) is 11.9 Å². The van der Waals surface area contributed by atoms with Crippen LogP contribution in [0.3, 0.4) is 0 Å². The Morgan fingerprint density at radius 1 is 1.02 bits per heavy atom. The first kappa shape index (κ1) is 26.9. The molecule has 40 heavy (non-hydrogen) atoms. The summed E-state index contributed by atoms with van der Waals surface area (Å²) < 4.78 is 31.3. The van der Waals surface area contributed by atoms with Crippen LogP contribution >= 0.6 is 0 Å². The predicted octanol–water partition coefficient (Wildman–Crippen LogP) is 3.04. The van der Waals surface area contributed by atoms with E-state index in [1.165, 1.54) is 47.3 Å². The van der Waals surface area contributed by atoms with Crippen LogP contribution in [0.2, 0.25) is 0 Å². The SMILES string of the molecule is C=CC(=O)Nc1ccc(F)c(-n2ccc(=O)c3cnc(Nc4ccc(N5CCN(CCO)CC5)c(F)c4)nc32)c1. The second-order valence-electron chi connectivity index (χ2n) is 9.18. The Hall–Kier alpha value is -4.68. The molecule has 5 rings (SSSR count). The third kappa shape index (κ3) is 5.67. The fourth-order valence-corrected chi connectivity index (χ4v) is 4.58. The summed E-state index contributed by atoms with van der Waals surface area (Å²) >= 11 is 0. The van der Waals surface area contributed by atoms with Gasteiger partial charge in [0, 0.05) is 62.6 Å². The van der Waals surface area contributed by atoms with Crippen LogP contribution in [0.4, 0.5) is 31.8 Å². The smallest absolute Gasteiger partial charge is 0.247 e. The van der Waals surface area contributed by atoms with Crippen LogP contribution in [0.15, 0.2) is 72.3 Å². The molecule has 12 heteroatoms. The number of nitrogens with one attached hydrogen (secondary N) is 2. The molecule has 1 saturated heterocycles. The molecule has 0 bridgehead atoms. The molecular formula is C28H27F2N7O3. The number of anilines is 4. The normalized spacial score (nSPS) is 13.8. The number of hydrogen-bond donors (Lipinski definition) is 3. The Balaban J connectivity index is 1.43. The van der Waals surface area contributed by atoms with Crippen LogP contribution in [0.5, 0.6) is 0 Å². The number of aromatic nitrogens is 3. The van der Waals surface area contributed by atoms with E-state index in [-0.39, 0.29) is 34.7 Å². The predicted molar refractivity (Wildman–Crippen MR) is 149 cm³/mol. The molecule has 0 saturated carbocycles. The van der Waals surface area contributed by atoms with Gasteiger partial charge in [-0.25, -0.2) is 13.8 Å². The average molecular weight is 548 g/mol. The first-order chi connectivity index (χ1) is 19.4. The van der Waals surface area contributed by atoms with Gasteiger partial charge in [-0.1, -0.05) is 6.58 Å². The minimum Gasteiger partial charge on any atom is -0.395 e. The molecule has 0 aliphatic carbocycles. The van der Waals surface area contributed by atoms with Gasteiger partial charge >= 0.3 is 0 Å². The maximum atomic E-state index is 15.1. The Labute approximate surface area is 228 Å². The Morgan fingerprint density at radius 2 is 1.80 bits per heavy atom. The number of aliphatic hydroxyl groups is 1. The highest BCUT2D eigenvalue weighted by Crippen LogP contribution is 2.26. The molecule has 1 aliphatic heterocycles. The molecule has 0 unspecified atom stereocenters. The molecular weight excluding hydrogens is 520 g/mol. The first-order valence-electron chi connectivity index (χ1n) is 12.6. The summed E-state index contributed by atoms with van der Waals surface area (Å²) in [6, 6.07) is 9.99. The van der Waals surface area contributed by atoms with Gasteiger partial charge in [0.1, 0.15) is 11.6 Å². The van der Waals surface area contributed by atoms with Crippen molar-refractivity contribution in [3.05, 3.63) is 89.4 Å². The van der Waals surface area contributed by atoms with E-state index in [9.17, 15) is 14.0 Å². The molecule has 206 valence electrons. The lowest BCUT2D eigenvalue weighted by molar-refractivity contribution is -0.111. The highest BCUT2D eigenvalue weighted by Gasteiger charge is 2.20. The molecule has 0 radical (unpaired) electrons. The minimum atomic E-state index is -0.607. The first-order valence-corrected chi connectivity index (χ1v) is 12.6. The average Bonchev–Trinajstić information content (AvgIpc) is 2.95. The number of aliphatic hydroxyl groups excluding tert-OH is 1. The summed E-state index contributed by atoms with van der Waals surface area (Å²) in [5, 5.41) is 14.8. The molecule has 10 nitrogen and oxygen atoms in total. The number of benzene rings is 2. The maximum Gasteiger partial charge on any atom is 0.247 e. The van der Waals surface area contributed by atoms with Crippen molar-refractivity contribution < 1.29 is 18.7 Å². The summed E-state index contributed by atoms with van der Waals surface area (Å²) in [7, 11) is 0. The van der Waals surface area contributed by atoms with Crippen molar-refractivity contribution >= 4 is 40.0 Å². The number of piperazine rings is 1. The van der Waals surface area contributed by atoms with E-state index in [1.54, 1.807) is 12.1 Å². The number of rotatable bonds is 8. The zero-order chi connectivity index (χ0) is 28.2. The van der Waals surface area contributed by atoms with E-state index in [4.69, 9.17) is 5.11 Å². The van der Waals surface area contributed by atoms with E-state index >= 15 is 4.39 Å². The zero-order valence-electron chi connectivity index (χ0n) is 21.5. The molecule has 1 fully saturated rings. The quantitative estimate of drug-likeness (QED) is 0.289. The van der Waals surface area contributed by atoms with Crippen molar-refractivity contribution in [2.75, 3.05) is 54.9 Å². The van der Waals surface area contributed by atoms with Crippen LogP contribution in [0, 0.1) is 11.6 Å². The third-order valence-corrected chi connectivity index (χ3v) is 6.63. The summed E-state index contributed by atoms with van der Waals surface area (Å²) in [4.78, 5) is 37.0. The number of halogens is 2. The second-order valence-corrected chi connectivity index (χ2v) is 9.18. The number of carbonyl (C=O) groups excluding carboxylic acids is 1. The fourth-order valence-electron chi connectivity index (χ4n) is 4.58. The largest absolute Gasteiger partial charge is 0.395 e. The summed E-state index contributed by atoms with van der Waals surface area (Å²) in [6.07, 6.45) is 3.80. The van der Waals surface area contributed by atoms with Crippen molar-refractivity contribution in [1.29, 1.82) is 0 Å². The maximum absolute atomic E-state index is 15.1. The van der Waals surface area contributed by atoms with Crippen molar-refractivity contribution in [1.82, 2.24) is 19.4 Å². The van der Waals surface area contributed by atoms with E-state index in [1.807, 2.05) is 4.90 Å². The van der Waals surface area contributed by atoms with Gasteiger partial charge in [0.25, 0.3) is 0 Å². The molecule has 2 aromatic carbocycles. The highest BCUT2D eigenvalue weighted by atomic mass is 19.1. The van der Waals surface area contributed by atoms with Crippen LogP contribution in [-0.2, 0) is 4.79 Å². The number of hydrogen-bond acceptors (Lipinski definition) is 8. The van der Waals surface area contributed by atoms with Crippen molar-refractivity contribution in [2.45, 2.75) is 0 Å². The van der Waals surface area contributed by atoms with Gasteiger partial charge in [0.15, 0.2) is 11.1 Å². The summed E-state index contributed by atoms with van der Waals surface area (Å²) in [6.45, 7) is 6.85. The number of fused-ring (bicyclic) bond motifs is 1. The van der Waals surface area contributed by atoms with Gasteiger partial charge in [-0.2, -0.15) is 4.98 Å². The third-order valence-electron chi connectivity index (χ3n) is 6.63. The van der Waals surface area contributed by atoms with Crippen LogP contribution in [0.1, 0.15) is 0 Å². The molecule has 3 N–H and O–H groups in total.